The van der Waals surface area contributed by atoms with E-state index in [1.54, 1.807) is 12.1 Å². The fourth-order valence-electron chi connectivity index (χ4n) is 5.27. The van der Waals surface area contributed by atoms with Crippen molar-refractivity contribution in [3.8, 4) is 11.5 Å². The third-order valence-electron chi connectivity index (χ3n) is 7.23. The molecule has 0 heterocycles. The number of aliphatic hydroxyl groups is 1. The minimum atomic E-state index is -2.46. The topological polar surface area (TPSA) is 91.2 Å². The molecular weight excluding hydrogens is 509 g/mol. The van der Waals surface area contributed by atoms with Crippen molar-refractivity contribution in [3.05, 3.63) is 95.6 Å². The van der Waals surface area contributed by atoms with Gasteiger partial charge < -0.3 is 29.5 Å². The molecule has 0 radical (unpaired) electrons. The highest BCUT2D eigenvalue weighted by Gasteiger charge is 2.16. The number of rotatable bonds is 13. The Morgan fingerprint density at radius 3 is 2.05 bits per heavy atom. The van der Waals surface area contributed by atoms with Crippen molar-refractivity contribution >= 4 is 19.7 Å². The second-order valence-corrected chi connectivity index (χ2v) is 10.8. The molecule has 4 rings (SSSR count). The van der Waals surface area contributed by atoms with E-state index in [1.807, 2.05) is 54.6 Å². The van der Waals surface area contributed by atoms with Gasteiger partial charge in [-0.1, -0.05) is 80.8 Å². The standard InChI is InChI=1S/C32H40NO5P/c1-2-31(25-11-7-4-8-12-25)32(27-15-19-30(20-16-27)38-39(35)36)26-13-17-29(18-14-26)37-23-28(34)22-33-21-24-9-5-3-6-10-24/h4,7-8,11-20,24,28,33-36H,2-3,5-6,9-10,21-23H2,1H3/b32-31+. The Morgan fingerprint density at radius 2 is 1.46 bits per heavy atom. The van der Waals surface area contributed by atoms with Gasteiger partial charge in [0.25, 0.3) is 0 Å². The van der Waals surface area contributed by atoms with Crippen LogP contribution < -0.4 is 14.6 Å². The first-order chi connectivity index (χ1) is 19.0. The molecule has 3 aromatic carbocycles. The Kier molecular flexibility index (Phi) is 11.4. The summed E-state index contributed by atoms with van der Waals surface area (Å²) in [6, 6.07) is 25.6. The van der Waals surface area contributed by atoms with Crippen molar-refractivity contribution in [2.45, 2.75) is 51.6 Å². The molecule has 1 unspecified atom stereocenters. The Hall–Kier alpha value is -2.73. The molecule has 3 aromatic rings. The van der Waals surface area contributed by atoms with Crippen LogP contribution in [0.2, 0.25) is 0 Å². The van der Waals surface area contributed by atoms with Crippen LogP contribution >= 0.6 is 8.60 Å². The van der Waals surface area contributed by atoms with Crippen LogP contribution in [0, 0.1) is 5.92 Å². The lowest BCUT2D eigenvalue weighted by atomic mass is 9.88. The van der Waals surface area contributed by atoms with Crippen LogP contribution in [-0.2, 0) is 0 Å². The molecule has 1 aliphatic rings. The zero-order chi connectivity index (χ0) is 27.5. The van der Waals surface area contributed by atoms with Crippen LogP contribution in [-0.4, -0.2) is 40.7 Å². The lowest BCUT2D eigenvalue weighted by molar-refractivity contribution is 0.105. The van der Waals surface area contributed by atoms with Crippen LogP contribution in [0.3, 0.4) is 0 Å². The smallest absolute Gasteiger partial charge is 0.391 e. The van der Waals surface area contributed by atoms with E-state index in [2.05, 4.69) is 24.4 Å². The second-order valence-electron chi connectivity index (χ2n) is 10.1. The normalized spacial score (nSPS) is 15.6. The third-order valence-corrected chi connectivity index (χ3v) is 7.60. The van der Waals surface area contributed by atoms with Gasteiger partial charge in [0.2, 0.25) is 0 Å². The molecule has 0 bridgehead atoms. The van der Waals surface area contributed by atoms with E-state index in [4.69, 9.17) is 9.26 Å². The summed E-state index contributed by atoms with van der Waals surface area (Å²) in [6.07, 6.45) is 6.84. The van der Waals surface area contributed by atoms with Gasteiger partial charge in [0.05, 0.1) is 0 Å². The molecule has 1 fully saturated rings. The number of nitrogens with one attached hydrogen (secondary N) is 1. The maximum Gasteiger partial charge on any atom is 0.391 e. The highest BCUT2D eigenvalue weighted by molar-refractivity contribution is 7.39. The van der Waals surface area contributed by atoms with E-state index >= 15 is 0 Å². The number of hydrogen-bond acceptors (Lipinski definition) is 6. The molecule has 0 aliphatic heterocycles. The average molecular weight is 550 g/mol. The summed E-state index contributed by atoms with van der Waals surface area (Å²) in [4.78, 5) is 18.4. The molecule has 1 aliphatic carbocycles. The Morgan fingerprint density at radius 1 is 0.846 bits per heavy atom. The number of aliphatic hydroxyl groups excluding tert-OH is 1. The molecule has 39 heavy (non-hydrogen) atoms. The molecule has 6 nitrogen and oxygen atoms in total. The zero-order valence-electron chi connectivity index (χ0n) is 22.6. The van der Waals surface area contributed by atoms with E-state index in [0.29, 0.717) is 18.0 Å². The minimum absolute atomic E-state index is 0.240. The summed E-state index contributed by atoms with van der Waals surface area (Å²) in [5.74, 6) is 1.85. The van der Waals surface area contributed by atoms with Crippen molar-refractivity contribution in [1.82, 2.24) is 5.32 Å². The average Bonchev–Trinajstić information content (AvgIpc) is 2.96. The van der Waals surface area contributed by atoms with Crippen molar-refractivity contribution in [3.63, 3.8) is 0 Å². The van der Waals surface area contributed by atoms with E-state index in [9.17, 15) is 14.9 Å². The van der Waals surface area contributed by atoms with Crippen LogP contribution in [0.15, 0.2) is 78.9 Å². The van der Waals surface area contributed by atoms with Crippen LogP contribution in [0.1, 0.15) is 62.1 Å². The number of ether oxygens (including phenoxy) is 1. The van der Waals surface area contributed by atoms with Gasteiger partial charge in [0.15, 0.2) is 0 Å². The first kappa shape index (κ1) is 29.3. The molecular formula is C32H40NO5P. The second kappa shape index (κ2) is 15.2. The monoisotopic (exact) mass is 549 g/mol. The minimum Gasteiger partial charge on any atom is -0.491 e. The molecule has 1 saturated carbocycles. The molecule has 0 spiro atoms. The van der Waals surface area contributed by atoms with Gasteiger partial charge in [-0.2, -0.15) is 0 Å². The zero-order valence-corrected chi connectivity index (χ0v) is 23.5. The van der Waals surface area contributed by atoms with Crippen molar-refractivity contribution < 1.29 is 24.2 Å². The quantitative estimate of drug-likeness (QED) is 0.143. The van der Waals surface area contributed by atoms with Gasteiger partial charge in [-0.15, -0.1) is 0 Å². The van der Waals surface area contributed by atoms with E-state index in [1.165, 1.54) is 37.7 Å². The molecule has 0 amide bonds. The largest absolute Gasteiger partial charge is 0.491 e. The Balaban J connectivity index is 1.46. The van der Waals surface area contributed by atoms with Gasteiger partial charge >= 0.3 is 8.60 Å². The summed E-state index contributed by atoms with van der Waals surface area (Å²) in [6.45, 7) is 3.89. The summed E-state index contributed by atoms with van der Waals surface area (Å²) < 4.78 is 11.0. The number of hydrogen-bond donors (Lipinski definition) is 4. The van der Waals surface area contributed by atoms with Crippen molar-refractivity contribution in [2.75, 3.05) is 19.7 Å². The van der Waals surface area contributed by atoms with E-state index in [0.717, 1.165) is 41.1 Å². The third kappa shape index (κ3) is 8.89. The first-order valence-electron chi connectivity index (χ1n) is 13.9. The maximum atomic E-state index is 10.4. The van der Waals surface area contributed by atoms with Crippen LogP contribution in [0.5, 0.6) is 11.5 Å². The van der Waals surface area contributed by atoms with Crippen LogP contribution in [0.25, 0.3) is 11.1 Å². The number of benzene rings is 3. The number of allylic oxidation sites excluding steroid dienone is 1. The van der Waals surface area contributed by atoms with Gasteiger partial charge in [0.1, 0.15) is 24.2 Å². The summed E-state index contributed by atoms with van der Waals surface area (Å²) in [5, 5.41) is 13.8. The van der Waals surface area contributed by atoms with Crippen molar-refractivity contribution in [2.24, 2.45) is 5.92 Å². The highest BCUT2D eigenvalue weighted by Crippen LogP contribution is 2.37. The lowest BCUT2D eigenvalue weighted by Gasteiger charge is -2.22. The van der Waals surface area contributed by atoms with Crippen molar-refractivity contribution in [1.29, 1.82) is 0 Å². The maximum absolute atomic E-state index is 10.4. The lowest BCUT2D eigenvalue weighted by Crippen LogP contribution is -2.34. The van der Waals surface area contributed by atoms with Gasteiger partial charge in [-0.25, -0.2) is 0 Å². The van der Waals surface area contributed by atoms with Crippen LogP contribution in [0.4, 0.5) is 0 Å². The van der Waals surface area contributed by atoms with E-state index < -0.39 is 14.7 Å². The molecule has 0 saturated heterocycles. The molecule has 0 aromatic heterocycles. The fourth-order valence-corrected chi connectivity index (χ4v) is 5.58. The van der Waals surface area contributed by atoms with Gasteiger partial charge in [0, 0.05) is 6.54 Å². The summed E-state index contributed by atoms with van der Waals surface area (Å²) >= 11 is 0. The van der Waals surface area contributed by atoms with Gasteiger partial charge in [-0.05, 0) is 83.8 Å². The fraction of sp³-hybridized carbons (Fsp3) is 0.375. The highest BCUT2D eigenvalue weighted by atomic mass is 31.2. The summed E-state index contributed by atoms with van der Waals surface area (Å²) in [7, 11) is -2.46. The molecule has 208 valence electrons. The molecule has 7 heteroatoms. The first-order valence-corrected chi connectivity index (χ1v) is 15.1. The molecule has 1 atom stereocenters. The molecule has 4 N–H and O–H groups in total. The van der Waals surface area contributed by atoms with Gasteiger partial charge in [-0.3, -0.25) is 0 Å². The predicted octanol–water partition coefficient (Wildman–Crippen LogP) is 6.56. The summed E-state index contributed by atoms with van der Waals surface area (Å²) in [5.41, 5.74) is 5.47. The predicted molar refractivity (Wildman–Crippen MR) is 158 cm³/mol. The SMILES string of the molecule is CC/C(=C(/c1ccc(OCC(O)CNCC2CCCCC2)cc1)c1ccc(OP(O)O)cc1)c1ccccc1. The van der Waals surface area contributed by atoms with E-state index in [-0.39, 0.29) is 6.61 Å². The Labute approximate surface area is 233 Å². The Bertz CT molecular complexity index is 1160.